The van der Waals surface area contributed by atoms with Gasteiger partial charge in [0.1, 0.15) is 5.69 Å². The van der Waals surface area contributed by atoms with Gasteiger partial charge < -0.3 is 19.9 Å². The number of amides is 2. The minimum Gasteiger partial charge on any atom is -0.465 e. The van der Waals surface area contributed by atoms with E-state index in [1.165, 1.54) is 25.4 Å². The predicted octanol–water partition coefficient (Wildman–Crippen LogP) is 3.53. The number of fused-ring (bicyclic) bond motifs is 1. The summed E-state index contributed by atoms with van der Waals surface area (Å²) in [4.78, 5) is 44.9. The van der Waals surface area contributed by atoms with Crippen molar-refractivity contribution in [3.05, 3.63) is 90.1 Å². The van der Waals surface area contributed by atoms with Crippen LogP contribution >= 0.6 is 0 Å². The summed E-state index contributed by atoms with van der Waals surface area (Å²) in [6.07, 6.45) is 6.59. The van der Waals surface area contributed by atoms with E-state index in [0.29, 0.717) is 5.82 Å². The number of anilines is 1. The van der Waals surface area contributed by atoms with Gasteiger partial charge in [0.05, 0.1) is 25.4 Å². The average molecular weight is 484 g/mol. The molecule has 1 aliphatic rings. The number of nitrogens with one attached hydrogen (secondary N) is 2. The molecule has 2 amide bonds. The molecule has 36 heavy (non-hydrogen) atoms. The van der Waals surface area contributed by atoms with E-state index in [0.717, 1.165) is 29.2 Å². The average Bonchev–Trinajstić information content (AvgIpc) is 3.33. The first kappa shape index (κ1) is 23.2. The van der Waals surface area contributed by atoms with Crippen molar-refractivity contribution >= 4 is 34.4 Å². The van der Waals surface area contributed by atoms with E-state index in [2.05, 4.69) is 25.3 Å². The number of hydrogen-bond donors (Lipinski definition) is 2. The Kier molecular flexibility index (Phi) is 6.44. The lowest BCUT2D eigenvalue weighted by Crippen LogP contribution is -2.45. The maximum atomic E-state index is 12.6. The third kappa shape index (κ3) is 4.95. The Labute approximate surface area is 207 Å². The molecule has 9 nitrogen and oxygen atoms in total. The standard InChI is InChI=1S/C27H25N5O4/c1-36-27(35)19-9-10-23(28-14-19)26(34)30-20-12-21(13-20)32-15-24(29-16-32)31-25(33)11-18-7-4-6-17-5-2-3-8-22(17)18/h2-10,14-16,20-21H,11-13H2,1H3,(H,30,34)(H,31,33)/t20-,21+. The van der Waals surface area contributed by atoms with Gasteiger partial charge in [0.2, 0.25) is 5.91 Å². The lowest BCUT2D eigenvalue weighted by atomic mass is 9.86. The van der Waals surface area contributed by atoms with E-state index >= 15 is 0 Å². The molecule has 0 unspecified atom stereocenters. The highest BCUT2D eigenvalue weighted by molar-refractivity contribution is 5.96. The van der Waals surface area contributed by atoms with Crippen LogP contribution in [0.2, 0.25) is 0 Å². The maximum Gasteiger partial charge on any atom is 0.339 e. The summed E-state index contributed by atoms with van der Waals surface area (Å²) in [5.74, 6) is -0.411. The quantitative estimate of drug-likeness (QED) is 0.389. The fraction of sp³-hybridized carbons (Fsp3) is 0.222. The van der Waals surface area contributed by atoms with E-state index in [9.17, 15) is 14.4 Å². The van der Waals surface area contributed by atoms with Gasteiger partial charge in [-0.15, -0.1) is 0 Å². The highest BCUT2D eigenvalue weighted by Gasteiger charge is 2.32. The molecule has 2 heterocycles. The van der Waals surface area contributed by atoms with Crippen LogP contribution in [0.3, 0.4) is 0 Å². The van der Waals surface area contributed by atoms with Crippen LogP contribution in [0.4, 0.5) is 5.82 Å². The monoisotopic (exact) mass is 483 g/mol. The van der Waals surface area contributed by atoms with Crippen molar-refractivity contribution < 1.29 is 19.1 Å². The van der Waals surface area contributed by atoms with Crippen LogP contribution < -0.4 is 10.6 Å². The van der Waals surface area contributed by atoms with Gasteiger partial charge in [0.25, 0.3) is 5.91 Å². The second-order valence-electron chi connectivity index (χ2n) is 8.79. The molecular weight excluding hydrogens is 458 g/mol. The molecule has 5 rings (SSSR count). The van der Waals surface area contributed by atoms with Gasteiger partial charge in [0, 0.05) is 24.5 Å². The molecule has 4 aromatic rings. The fourth-order valence-electron chi connectivity index (χ4n) is 4.38. The molecule has 0 radical (unpaired) electrons. The Morgan fingerprint density at radius 3 is 2.61 bits per heavy atom. The number of esters is 1. The molecule has 1 aliphatic carbocycles. The molecular formula is C27H25N5O4. The van der Waals surface area contributed by atoms with Crippen LogP contribution in [0.25, 0.3) is 10.8 Å². The van der Waals surface area contributed by atoms with Gasteiger partial charge >= 0.3 is 5.97 Å². The molecule has 1 fully saturated rings. The summed E-state index contributed by atoms with van der Waals surface area (Å²) >= 11 is 0. The molecule has 9 heteroatoms. The number of methoxy groups -OCH3 is 1. The Hall–Kier alpha value is -4.53. The zero-order valence-electron chi connectivity index (χ0n) is 19.7. The first-order valence-corrected chi connectivity index (χ1v) is 11.7. The summed E-state index contributed by atoms with van der Waals surface area (Å²) < 4.78 is 6.59. The Morgan fingerprint density at radius 2 is 1.83 bits per heavy atom. The van der Waals surface area contributed by atoms with E-state index in [1.54, 1.807) is 6.33 Å². The summed E-state index contributed by atoms with van der Waals surface area (Å²) in [5.41, 5.74) is 1.50. The van der Waals surface area contributed by atoms with Gasteiger partial charge in [0.15, 0.2) is 5.82 Å². The summed E-state index contributed by atoms with van der Waals surface area (Å²) in [7, 11) is 1.29. The Bertz CT molecular complexity index is 1420. The van der Waals surface area contributed by atoms with Crippen molar-refractivity contribution in [1.29, 1.82) is 0 Å². The normalized spacial score (nSPS) is 16.7. The second kappa shape index (κ2) is 9.99. The molecule has 0 atom stereocenters. The van der Waals surface area contributed by atoms with Crippen LogP contribution in [-0.2, 0) is 16.0 Å². The largest absolute Gasteiger partial charge is 0.465 e. The molecule has 0 bridgehead atoms. The third-order valence-corrected chi connectivity index (χ3v) is 6.39. The first-order chi connectivity index (χ1) is 17.5. The predicted molar refractivity (Wildman–Crippen MR) is 134 cm³/mol. The van der Waals surface area contributed by atoms with Crippen LogP contribution in [0.1, 0.15) is 45.3 Å². The van der Waals surface area contributed by atoms with Crippen molar-refractivity contribution in [2.45, 2.75) is 31.3 Å². The van der Waals surface area contributed by atoms with Crippen LogP contribution in [-0.4, -0.2) is 45.5 Å². The zero-order chi connectivity index (χ0) is 25.1. The number of nitrogens with zero attached hydrogens (tertiary/aromatic N) is 3. The number of rotatable bonds is 7. The molecule has 2 N–H and O–H groups in total. The van der Waals surface area contributed by atoms with E-state index in [1.807, 2.05) is 53.2 Å². The Morgan fingerprint density at radius 1 is 1.03 bits per heavy atom. The topological polar surface area (TPSA) is 115 Å². The molecule has 0 spiro atoms. The number of imidazole rings is 1. The number of pyridine rings is 1. The molecule has 2 aromatic heterocycles. The molecule has 0 saturated heterocycles. The van der Waals surface area contributed by atoms with Gasteiger partial charge in [-0.2, -0.15) is 0 Å². The fourth-order valence-corrected chi connectivity index (χ4v) is 4.38. The lowest BCUT2D eigenvalue weighted by Gasteiger charge is -2.36. The van der Waals surface area contributed by atoms with Crippen molar-refractivity contribution in [2.24, 2.45) is 0 Å². The van der Waals surface area contributed by atoms with Gasteiger partial charge in [-0.3, -0.25) is 14.6 Å². The summed E-state index contributed by atoms with van der Waals surface area (Å²) in [6, 6.07) is 17.2. The summed E-state index contributed by atoms with van der Waals surface area (Å²) in [5, 5.41) is 8.00. The van der Waals surface area contributed by atoms with Crippen molar-refractivity contribution in [3.63, 3.8) is 0 Å². The minimum atomic E-state index is -0.499. The van der Waals surface area contributed by atoms with Crippen LogP contribution in [0.5, 0.6) is 0 Å². The summed E-state index contributed by atoms with van der Waals surface area (Å²) in [6.45, 7) is 0. The van der Waals surface area contributed by atoms with Gasteiger partial charge in [-0.1, -0.05) is 42.5 Å². The van der Waals surface area contributed by atoms with Crippen LogP contribution in [0.15, 0.2) is 73.3 Å². The first-order valence-electron chi connectivity index (χ1n) is 11.7. The van der Waals surface area contributed by atoms with Crippen LogP contribution in [0, 0.1) is 0 Å². The molecule has 1 saturated carbocycles. The highest BCUT2D eigenvalue weighted by atomic mass is 16.5. The van der Waals surface area contributed by atoms with Crippen molar-refractivity contribution in [1.82, 2.24) is 19.9 Å². The molecule has 2 aromatic carbocycles. The van der Waals surface area contributed by atoms with E-state index < -0.39 is 5.97 Å². The van der Waals surface area contributed by atoms with Gasteiger partial charge in [-0.05, 0) is 41.3 Å². The maximum absolute atomic E-state index is 12.6. The van der Waals surface area contributed by atoms with E-state index in [4.69, 9.17) is 0 Å². The number of benzene rings is 2. The SMILES string of the molecule is COC(=O)c1ccc(C(=O)N[C@H]2C[C@@H](n3cnc(NC(=O)Cc4cccc5ccccc45)c3)C2)nc1. The minimum absolute atomic E-state index is 0.0105. The van der Waals surface area contributed by atoms with Crippen molar-refractivity contribution in [3.8, 4) is 0 Å². The van der Waals surface area contributed by atoms with Crippen molar-refractivity contribution in [2.75, 3.05) is 12.4 Å². The number of carbonyl (C=O) groups is 3. The zero-order valence-corrected chi connectivity index (χ0v) is 19.7. The van der Waals surface area contributed by atoms with Gasteiger partial charge in [-0.25, -0.2) is 9.78 Å². The number of carbonyl (C=O) groups excluding carboxylic acids is 3. The third-order valence-electron chi connectivity index (χ3n) is 6.39. The second-order valence-corrected chi connectivity index (χ2v) is 8.79. The lowest BCUT2D eigenvalue weighted by molar-refractivity contribution is -0.115. The Balaban J connectivity index is 1.12. The highest BCUT2D eigenvalue weighted by Crippen LogP contribution is 2.33. The van der Waals surface area contributed by atoms with E-state index in [-0.39, 0.29) is 41.6 Å². The smallest absolute Gasteiger partial charge is 0.339 e. The number of ether oxygens (including phenoxy) is 1. The molecule has 182 valence electrons. The number of aromatic nitrogens is 3. The number of hydrogen-bond acceptors (Lipinski definition) is 6. The molecule has 0 aliphatic heterocycles.